The predicted octanol–water partition coefficient (Wildman–Crippen LogP) is 2.67. The molecule has 100 valence electrons. The molecule has 0 amide bonds. The molecule has 0 spiro atoms. The van der Waals surface area contributed by atoms with Gasteiger partial charge in [-0.2, -0.15) is 0 Å². The first-order chi connectivity index (χ1) is 8.52. The van der Waals surface area contributed by atoms with E-state index in [1.54, 1.807) is 0 Å². The molecular formula is C15H25N3. The summed E-state index contributed by atoms with van der Waals surface area (Å²) in [6, 6.07) is 2.12. The number of aromatic nitrogens is 1. The summed E-state index contributed by atoms with van der Waals surface area (Å²) < 4.78 is 0. The van der Waals surface area contributed by atoms with Crippen LogP contribution in [0.15, 0.2) is 18.5 Å². The maximum absolute atomic E-state index is 4.29. The molecule has 1 aromatic rings. The molecule has 0 bridgehead atoms. The molecule has 18 heavy (non-hydrogen) atoms. The Hall–Kier alpha value is -1.09. The maximum atomic E-state index is 4.29. The quantitative estimate of drug-likeness (QED) is 0.890. The number of anilines is 1. The Labute approximate surface area is 111 Å². The molecule has 0 saturated carbocycles. The van der Waals surface area contributed by atoms with E-state index in [1.807, 2.05) is 19.4 Å². The highest BCUT2D eigenvalue weighted by Crippen LogP contribution is 2.36. The summed E-state index contributed by atoms with van der Waals surface area (Å²) in [6.45, 7) is 10.3. The van der Waals surface area contributed by atoms with E-state index in [9.17, 15) is 0 Å². The molecule has 1 aliphatic rings. The van der Waals surface area contributed by atoms with Gasteiger partial charge >= 0.3 is 0 Å². The third-order valence-electron chi connectivity index (χ3n) is 4.01. The first-order valence-electron chi connectivity index (χ1n) is 6.85. The molecule has 1 aromatic heterocycles. The van der Waals surface area contributed by atoms with Gasteiger partial charge in [-0.25, -0.2) is 0 Å². The second kappa shape index (κ2) is 5.27. The lowest BCUT2D eigenvalue weighted by Crippen LogP contribution is -2.27. The van der Waals surface area contributed by atoms with Crippen LogP contribution in [0.3, 0.4) is 0 Å². The summed E-state index contributed by atoms with van der Waals surface area (Å²) in [7, 11) is 1.99. The topological polar surface area (TPSA) is 28.2 Å². The third kappa shape index (κ3) is 2.83. The molecule has 3 nitrogen and oxygen atoms in total. The normalized spacial score (nSPS) is 20.4. The first-order valence-corrected chi connectivity index (χ1v) is 6.85. The molecule has 1 saturated heterocycles. The summed E-state index contributed by atoms with van der Waals surface area (Å²) >= 11 is 0. The van der Waals surface area contributed by atoms with Crippen molar-refractivity contribution in [2.24, 2.45) is 11.3 Å². The maximum Gasteiger partial charge on any atom is 0.0598 e. The van der Waals surface area contributed by atoms with Gasteiger partial charge in [-0.05, 0) is 36.4 Å². The average Bonchev–Trinajstić information content (AvgIpc) is 2.79. The summed E-state index contributed by atoms with van der Waals surface area (Å²) in [5.41, 5.74) is 3.06. The molecule has 3 heteroatoms. The highest BCUT2D eigenvalue weighted by atomic mass is 15.2. The van der Waals surface area contributed by atoms with Gasteiger partial charge in [0.05, 0.1) is 11.9 Å². The van der Waals surface area contributed by atoms with Gasteiger partial charge in [0.2, 0.25) is 0 Å². The van der Waals surface area contributed by atoms with Crippen LogP contribution in [-0.2, 0) is 6.54 Å². The van der Waals surface area contributed by atoms with Crippen LogP contribution in [0, 0.1) is 11.3 Å². The Kier molecular flexibility index (Phi) is 3.91. The summed E-state index contributed by atoms with van der Waals surface area (Å²) in [6.07, 6.45) is 5.18. The van der Waals surface area contributed by atoms with E-state index in [0.29, 0.717) is 5.41 Å². The van der Waals surface area contributed by atoms with Crippen molar-refractivity contribution in [1.29, 1.82) is 0 Å². The Morgan fingerprint density at radius 1 is 1.44 bits per heavy atom. The van der Waals surface area contributed by atoms with E-state index in [2.05, 4.69) is 42.0 Å². The Morgan fingerprint density at radius 2 is 2.22 bits per heavy atom. The van der Waals surface area contributed by atoms with Gasteiger partial charge in [0.1, 0.15) is 0 Å². The lowest BCUT2D eigenvalue weighted by molar-refractivity contribution is 0.263. The zero-order chi connectivity index (χ0) is 13.2. The van der Waals surface area contributed by atoms with Gasteiger partial charge < -0.3 is 10.2 Å². The number of nitrogens with zero attached hydrogens (tertiary/aromatic N) is 2. The fourth-order valence-electron chi connectivity index (χ4n) is 2.73. The first kappa shape index (κ1) is 13.3. The molecule has 1 N–H and O–H groups in total. The van der Waals surface area contributed by atoms with E-state index in [1.165, 1.54) is 17.7 Å². The molecule has 0 aliphatic carbocycles. The lowest BCUT2D eigenvalue weighted by atomic mass is 9.80. The fourth-order valence-corrected chi connectivity index (χ4v) is 2.73. The zero-order valence-electron chi connectivity index (χ0n) is 12.0. The van der Waals surface area contributed by atoms with Gasteiger partial charge in [-0.1, -0.05) is 20.8 Å². The van der Waals surface area contributed by atoms with Crippen molar-refractivity contribution in [3.8, 4) is 0 Å². The number of rotatable bonds is 3. The van der Waals surface area contributed by atoms with E-state index in [4.69, 9.17) is 0 Å². The van der Waals surface area contributed by atoms with Crippen molar-refractivity contribution in [1.82, 2.24) is 10.3 Å². The molecular weight excluding hydrogens is 222 g/mol. The van der Waals surface area contributed by atoms with Crippen molar-refractivity contribution < 1.29 is 0 Å². The van der Waals surface area contributed by atoms with E-state index >= 15 is 0 Å². The van der Waals surface area contributed by atoms with E-state index < -0.39 is 0 Å². The number of hydrogen-bond acceptors (Lipinski definition) is 3. The highest BCUT2D eigenvalue weighted by molar-refractivity contribution is 5.52. The van der Waals surface area contributed by atoms with Crippen LogP contribution in [0.1, 0.15) is 32.8 Å². The minimum atomic E-state index is 0.403. The van der Waals surface area contributed by atoms with Crippen LogP contribution in [-0.4, -0.2) is 25.1 Å². The standard InChI is InChI=1S/C15H25N3/c1-15(2,3)13-6-8-18(11-13)14-10-17-7-5-12(14)9-16-4/h5,7,10,13,16H,6,8-9,11H2,1-4H3. The second-order valence-electron chi connectivity index (χ2n) is 6.33. The third-order valence-corrected chi connectivity index (χ3v) is 4.01. The molecule has 2 rings (SSSR count). The van der Waals surface area contributed by atoms with Gasteiger partial charge in [-0.3, -0.25) is 4.98 Å². The van der Waals surface area contributed by atoms with E-state index in [0.717, 1.165) is 25.6 Å². The zero-order valence-corrected chi connectivity index (χ0v) is 12.0. The largest absolute Gasteiger partial charge is 0.370 e. The summed E-state index contributed by atoms with van der Waals surface area (Å²) in [4.78, 5) is 6.79. The molecule has 0 aromatic carbocycles. The molecule has 1 aliphatic heterocycles. The monoisotopic (exact) mass is 247 g/mol. The minimum absolute atomic E-state index is 0.403. The molecule has 1 atom stereocenters. The Balaban J connectivity index is 2.14. The Bertz CT molecular complexity index is 395. The van der Waals surface area contributed by atoms with Crippen LogP contribution < -0.4 is 10.2 Å². The van der Waals surface area contributed by atoms with Crippen LogP contribution in [0.5, 0.6) is 0 Å². The predicted molar refractivity (Wildman–Crippen MR) is 76.8 cm³/mol. The average molecular weight is 247 g/mol. The van der Waals surface area contributed by atoms with Gasteiger partial charge in [0, 0.05) is 25.8 Å². The molecule has 1 fully saturated rings. The van der Waals surface area contributed by atoms with Gasteiger partial charge in [0.25, 0.3) is 0 Å². The lowest BCUT2D eigenvalue weighted by Gasteiger charge is -2.28. The minimum Gasteiger partial charge on any atom is -0.370 e. The SMILES string of the molecule is CNCc1ccncc1N1CCC(C(C)(C)C)C1. The fraction of sp³-hybridized carbons (Fsp3) is 0.667. The highest BCUT2D eigenvalue weighted by Gasteiger charge is 2.32. The van der Waals surface area contributed by atoms with Crippen molar-refractivity contribution in [3.05, 3.63) is 24.0 Å². The van der Waals surface area contributed by atoms with Crippen molar-refractivity contribution in [2.45, 2.75) is 33.7 Å². The van der Waals surface area contributed by atoms with Crippen LogP contribution >= 0.6 is 0 Å². The second-order valence-corrected chi connectivity index (χ2v) is 6.33. The molecule has 2 heterocycles. The van der Waals surface area contributed by atoms with Crippen molar-refractivity contribution in [2.75, 3.05) is 25.0 Å². The smallest absolute Gasteiger partial charge is 0.0598 e. The number of nitrogens with one attached hydrogen (secondary N) is 1. The summed E-state index contributed by atoms with van der Waals surface area (Å²) in [5, 5.41) is 3.23. The van der Waals surface area contributed by atoms with Crippen LogP contribution in [0.4, 0.5) is 5.69 Å². The van der Waals surface area contributed by atoms with Crippen LogP contribution in [0.2, 0.25) is 0 Å². The molecule has 1 unspecified atom stereocenters. The van der Waals surface area contributed by atoms with Crippen molar-refractivity contribution >= 4 is 5.69 Å². The van der Waals surface area contributed by atoms with Gasteiger partial charge in [0.15, 0.2) is 0 Å². The number of pyridine rings is 1. The van der Waals surface area contributed by atoms with Crippen molar-refractivity contribution in [3.63, 3.8) is 0 Å². The molecule has 0 radical (unpaired) electrons. The summed E-state index contributed by atoms with van der Waals surface area (Å²) in [5.74, 6) is 0.778. The Morgan fingerprint density at radius 3 is 2.83 bits per heavy atom. The van der Waals surface area contributed by atoms with E-state index in [-0.39, 0.29) is 0 Å². The number of hydrogen-bond donors (Lipinski definition) is 1. The van der Waals surface area contributed by atoms with Crippen LogP contribution in [0.25, 0.3) is 0 Å². The van der Waals surface area contributed by atoms with Gasteiger partial charge in [-0.15, -0.1) is 0 Å².